The lowest BCUT2D eigenvalue weighted by Crippen LogP contribution is -2.33. The maximum atomic E-state index is 12.6. The quantitative estimate of drug-likeness (QED) is 0.435. The summed E-state index contributed by atoms with van der Waals surface area (Å²) in [4.78, 5) is 78.2. The van der Waals surface area contributed by atoms with Gasteiger partial charge in [-0.2, -0.15) is 0 Å². The first-order chi connectivity index (χ1) is 18.2. The Labute approximate surface area is 217 Å². The Morgan fingerprint density at radius 3 is 2.37 bits per heavy atom. The van der Waals surface area contributed by atoms with Crippen molar-refractivity contribution in [2.45, 2.75) is 38.5 Å². The number of imide groups is 2. The molecule has 2 aromatic rings. The highest BCUT2D eigenvalue weighted by molar-refractivity contribution is 6.04. The van der Waals surface area contributed by atoms with Crippen molar-refractivity contribution >= 4 is 41.4 Å². The van der Waals surface area contributed by atoms with Gasteiger partial charge in [-0.15, -0.1) is 0 Å². The monoisotopic (exact) mass is 519 g/mol. The molecular weight excluding hydrogens is 494 g/mol. The Hall–Kier alpha value is -4.54. The summed E-state index contributed by atoms with van der Waals surface area (Å²) in [6.45, 7) is 1.59. The van der Waals surface area contributed by atoms with E-state index in [1.54, 1.807) is 19.1 Å². The van der Waals surface area contributed by atoms with Gasteiger partial charge in [0.15, 0.2) is 0 Å². The summed E-state index contributed by atoms with van der Waals surface area (Å²) >= 11 is 0. The van der Waals surface area contributed by atoms with Gasteiger partial charge in [-0.3, -0.25) is 33.7 Å². The van der Waals surface area contributed by atoms with E-state index in [1.165, 1.54) is 0 Å². The summed E-state index contributed by atoms with van der Waals surface area (Å²) < 4.78 is 5.28. The molecule has 2 saturated heterocycles. The summed E-state index contributed by atoms with van der Waals surface area (Å²) in [5, 5.41) is 3.23. The van der Waals surface area contributed by atoms with Gasteiger partial charge in [-0.25, -0.2) is 4.79 Å². The fourth-order valence-electron chi connectivity index (χ4n) is 5.00. The molecule has 11 nitrogen and oxygen atoms in total. The van der Waals surface area contributed by atoms with E-state index in [0.717, 1.165) is 27.2 Å². The van der Waals surface area contributed by atoms with E-state index < -0.39 is 18.0 Å². The van der Waals surface area contributed by atoms with Crippen molar-refractivity contribution in [1.82, 2.24) is 9.96 Å². The van der Waals surface area contributed by atoms with Gasteiger partial charge >= 0.3 is 6.16 Å². The molecule has 3 aliphatic rings. The summed E-state index contributed by atoms with van der Waals surface area (Å²) in [6.07, 6.45) is -1.08. The zero-order valence-electron chi connectivity index (χ0n) is 20.6. The predicted octanol–water partition coefficient (Wildman–Crippen LogP) is 2.74. The van der Waals surface area contributed by atoms with Crippen LogP contribution in [0.15, 0.2) is 42.5 Å². The van der Waals surface area contributed by atoms with Crippen molar-refractivity contribution in [3.05, 3.63) is 53.6 Å². The number of carbonyl (C=O) groups excluding carboxylic acids is 6. The average Bonchev–Trinajstić information content (AvgIpc) is 3.47. The molecule has 0 saturated carbocycles. The van der Waals surface area contributed by atoms with Gasteiger partial charge in [-0.1, -0.05) is 42.3 Å². The van der Waals surface area contributed by atoms with Crippen molar-refractivity contribution in [3.63, 3.8) is 0 Å². The Morgan fingerprint density at radius 2 is 1.66 bits per heavy atom. The van der Waals surface area contributed by atoms with Crippen molar-refractivity contribution in [3.8, 4) is 11.1 Å². The molecule has 2 aliphatic heterocycles. The average molecular weight is 520 g/mol. The number of carbonyl (C=O) groups is 6. The normalized spacial score (nSPS) is 20.0. The van der Waals surface area contributed by atoms with E-state index in [4.69, 9.17) is 9.57 Å². The molecule has 2 unspecified atom stereocenters. The van der Waals surface area contributed by atoms with E-state index in [2.05, 4.69) is 5.32 Å². The standard InChI is InChI=1S/C27H25N3O8/c1-15-12-25(34)29(26(15)35)11-10-22(31)28-16-6-7-19-17-4-2-3-5-18(17)21(20(19)13-16)14-37-27(36)38-30-23(32)8-9-24(30)33/h2-7,13,15,21H,8-12,14H2,1H3,(H,28,31). The number of hydrogen-bond acceptors (Lipinski definition) is 8. The highest BCUT2D eigenvalue weighted by Gasteiger charge is 2.36. The minimum Gasteiger partial charge on any atom is -0.432 e. The van der Waals surface area contributed by atoms with Crippen LogP contribution in [0.25, 0.3) is 11.1 Å². The Morgan fingerprint density at radius 1 is 0.947 bits per heavy atom. The molecule has 2 heterocycles. The molecule has 5 amide bonds. The molecule has 0 aromatic heterocycles. The second kappa shape index (κ2) is 10.1. The highest BCUT2D eigenvalue weighted by Crippen LogP contribution is 2.45. The van der Waals surface area contributed by atoms with Gasteiger partial charge in [0.05, 0.1) is 0 Å². The molecular formula is C27H25N3O8. The third kappa shape index (κ3) is 4.74. The minimum atomic E-state index is -1.16. The predicted molar refractivity (Wildman–Crippen MR) is 131 cm³/mol. The summed E-state index contributed by atoms with van der Waals surface area (Å²) in [5.74, 6) is -2.83. The van der Waals surface area contributed by atoms with E-state index in [0.29, 0.717) is 10.8 Å². The van der Waals surface area contributed by atoms with Crippen LogP contribution in [-0.2, 0) is 33.5 Å². The van der Waals surface area contributed by atoms with Crippen LogP contribution in [0.2, 0.25) is 0 Å². The van der Waals surface area contributed by atoms with Crippen molar-refractivity contribution in [2.24, 2.45) is 5.92 Å². The van der Waals surface area contributed by atoms with Crippen molar-refractivity contribution in [1.29, 1.82) is 0 Å². The molecule has 1 aliphatic carbocycles. The summed E-state index contributed by atoms with van der Waals surface area (Å²) in [5.41, 5.74) is 4.09. The maximum Gasteiger partial charge on any atom is 0.533 e. The first-order valence-electron chi connectivity index (χ1n) is 12.3. The highest BCUT2D eigenvalue weighted by atomic mass is 16.8. The molecule has 0 spiro atoms. The van der Waals surface area contributed by atoms with E-state index >= 15 is 0 Å². The first-order valence-corrected chi connectivity index (χ1v) is 12.3. The maximum absolute atomic E-state index is 12.6. The fourth-order valence-corrected chi connectivity index (χ4v) is 5.00. The molecule has 5 rings (SSSR count). The zero-order chi connectivity index (χ0) is 27.0. The number of rotatable bonds is 7. The number of ether oxygens (including phenoxy) is 1. The Kier molecular flexibility index (Phi) is 6.66. The zero-order valence-corrected chi connectivity index (χ0v) is 20.6. The topological polar surface area (TPSA) is 139 Å². The third-order valence-electron chi connectivity index (χ3n) is 6.91. The number of nitrogens with one attached hydrogen (secondary N) is 1. The number of hydroxylamine groups is 2. The lowest BCUT2D eigenvalue weighted by molar-refractivity contribution is -0.177. The largest absolute Gasteiger partial charge is 0.533 e. The minimum absolute atomic E-state index is 0.0187. The molecule has 2 aromatic carbocycles. The van der Waals surface area contributed by atoms with Crippen LogP contribution >= 0.6 is 0 Å². The van der Waals surface area contributed by atoms with Gasteiger partial charge in [0, 0.05) is 49.8 Å². The second-order valence-electron chi connectivity index (χ2n) is 9.46. The Bertz CT molecular complexity index is 1350. The number of amides is 5. The molecule has 1 N–H and O–H groups in total. The number of hydrogen-bond donors (Lipinski definition) is 1. The van der Waals surface area contributed by atoms with E-state index in [9.17, 15) is 28.8 Å². The van der Waals surface area contributed by atoms with Crippen LogP contribution in [0.1, 0.15) is 49.7 Å². The number of likely N-dealkylation sites (tertiary alicyclic amines) is 1. The van der Waals surface area contributed by atoms with Crippen LogP contribution in [0.3, 0.4) is 0 Å². The molecule has 2 atom stereocenters. The second-order valence-corrected chi connectivity index (χ2v) is 9.46. The van der Waals surface area contributed by atoms with E-state index in [1.807, 2.05) is 30.3 Å². The first kappa shape index (κ1) is 25.1. The number of fused-ring (bicyclic) bond motifs is 3. The van der Waals surface area contributed by atoms with Gasteiger partial charge in [-0.05, 0) is 34.4 Å². The Balaban J connectivity index is 1.26. The van der Waals surface area contributed by atoms with Crippen LogP contribution in [0.5, 0.6) is 0 Å². The summed E-state index contributed by atoms with van der Waals surface area (Å²) in [6, 6.07) is 13.0. The van der Waals surface area contributed by atoms with Crippen molar-refractivity contribution in [2.75, 3.05) is 18.5 Å². The molecule has 38 heavy (non-hydrogen) atoms. The van der Waals surface area contributed by atoms with Gasteiger partial charge < -0.3 is 10.1 Å². The SMILES string of the molecule is CC1CC(=O)N(CCC(=O)Nc2ccc3c(c2)C(COC(=O)ON2C(=O)CCC2=O)c2ccccc2-3)C1=O. The van der Waals surface area contributed by atoms with Gasteiger partial charge in [0.2, 0.25) is 17.7 Å². The molecule has 0 radical (unpaired) electrons. The lowest BCUT2D eigenvalue weighted by Gasteiger charge is -2.17. The molecule has 0 bridgehead atoms. The lowest BCUT2D eigenvalue weighted by atomic mass is 9.97. The number of benzene rings is 2. The van der Waals surface area contributed by atoms with Gasteiger partial charge in [0.1, 0.15) is 6.61 Å². The molecule has 196 valence electrons. The smallest absolute Gasteiger partial charge is 0.432 e. The van der Waals surface area contributed by atoms with E-state index in [-0.39, 0.29) is 68.4 Å². The van der Waals surface area contributed by atoms with Gasteiger partial charge in [0.25, 0.3) is 11.8 Å². The summed E-state index contributed by atoms with van der Waals surface area (Å²) in [7, 11) is 0. The molecule has 11 heteroatoms. The van der Waals surface area contributed by atoms with Crippen LogP contribution in [-0.4, -0.2) is 58.8 Å². The van der Waals surface area contributed by atoms with Crippen molar-refractivity contribution < 1.29 is 38.3 Å². The molecule has 2 fully saturated rings. The van der Waals surface area contributed by atoms with Crippen LogP contribution in [0.4, 0.5) is 10.5 Å². The van der Waals surface area contributed by atoms with Crippen LogP contribution in [0, 0.1) is 5.92 Å². The van der Waals surface area contributed by atoms with Crippen LogP contribution < -0.4 is 5.32 Å². The number of anilines is 1. The number of nitrogens with zero attached hydrogens (tertiary/aromatic N) is 2. The third-order valence-corrected chi connectivity index (χ3v) is 6.91. The fraction of sp³-hybridized carbons (Fsp3) is 0.333.